The van der Waals surface area contributed by atoms with E-state index in [1.165, 1.54) is 77.0 Å². The van der Waals surface area contributed by atoms with E-state index in [1.54, 1.807) is 0 Å². The summed E-state index contributed by atoms with van der Waals surface area (Å²) in [5, 5.41) is 6.04. The standard InChI is InChI=1S/C17H35N.C2H7N/c1-3-5-6-7-8-9-10-11-12-13-14-15-17-18-16-4-2;1-3-2/h4,16,18H,3,5-15,17H2,1-2H3;3H,1-2H3. The zero-order valence-electron chi connectivity index (χ0n) is 15.3. The van der Waals surface area contributed by atoms with Crippen LogP contribution in [0.15, 0.2) is 12.3 Å². The molecule has 0 aliphatic carbocycles. The molecule has 0 heterocycles. The molecule has 0 saturated carbocycles. The Morgan fingerprint density at radius 1 is 0.667 bits per heavy atom. The molecule has 21 heavy (non-hydrogen) atoms. The van der Waals surface area contributed by atoms with E-state index in [9.17, 15) is 0 Å². The molecule has 0 rings (SSSR count). The van der Waals surface area contributed by atoms with Crippen molar-refractivity contribution in [3.8, 4) is 0 Å². The van der Waals surface area contributed by atoms with E-state index in [4.69, 9.17) is 0 Å². The van der Waals surface area contributed by atoms with Crippen molar-refractivity contribution in [2.24, 2.45) is 0 Å². The molecule has 2 heteroatoms. The lowest BCUT2D eigenvalue weighted by Crippen LogP contribution is -2.05. The second-order valence-corrected chi connectivity index (χ2v) is 5.84. The van der Waals surface area contributed by atoms with E-state index < -0.39 is 0 Å². The number of hydrogen-bond donors (Lipinski definition) is 2. The maximum atomic E-state index is 3.29. The van der Waals surface area contributed by atoms with Gasteiger partial charge in [-0.1, -0.05) is 83.6 Å². The highest BCUT2D eigenvalue weighted by Gasteiger charge is 1.92. The second-order valence-electron chi connectivity index (χ2n) is 5.84. The molecule has 0 bridgehead atoms. The molecule has 2 N–H and O–H groups in total. The Labute approximate surface area is 135 Å². The molecule has 0 aromatic heterocycles. The molecule has 0 unspecified atom stereocenters. The molecule has 0 amide bonds. The minimum absolute atomic E-state index is 1.14. The predicted molar refractivity (Wildman–Crippen MR) is 98.9 cm³/mol. The second kappa shape index (κ2) is 24.5. The van der Waals surface area contributed by atoms with Crippen LogP contribution in [-0.2, 0) is 0 Å². The quantitative estimate of drug-likeness (QED) is 0.405. The van der Waals surface area contributed by atoms with Crippen molar-refractivity contribution in [1.82, 2.24) is 10.6 Å². The first-order chi connectivity index (χ1) is 10.3. The maximum Gasteiger partial charge on any atom is 0.0141 e. The Morgan fingerprint density at radius 3 is 1.43 bits per heavy atom. The summed E-state index contributed by atoms with van der Waals surface area (Å²) < 4.78 is 0. The van der Waals surface area contributed by atoms with Gasteiger partial charge in [0.1, 0.15) is 0 Å². The third-order valence-electron chi connectivity index (χ3n) is 3.46. The molecule has 0 aliphatic heterocycles. The van der Waals surface area contributed by atoms with Gasteiger partial charge in [0.15, 0.2) is 0 Å². The van der Waals surface area contributed by atoms with Gasteiger partial charge in [0.2, 0.25) is 0 Å². The van der Waals surface area contributed by atoms with E-state index in [-0.39, 0.29) is 0 Å². The third-order valence-corrected chi connectivity index (χ3v) is 3.46. The third kappa shape index (κ3) is 28.4. The lowest BCUT2D eigenvalue weighted by Gasteiger charge is -2.03. The fourth-order valence-corrected chi connectivity index (χ4v) is 2.27. The van der Waals surface area contributed by atoms with Crippen LogP contribution in [0.2, 0.25) is 0 Å². The largest absolute Gasteiger partial charge is 0.391 e. The van der Waals surface area contributed by atoms with Gasteiger partial charge in [0.05, 0.1) is 0 Å². The first kappa shape index (κ1) is 22.8. The fourth-order valence-electron chi connectivity index (χ4n) is 2.27. The predicted octanol–water partition coefficient (Wildman–Crippen LogP) is 5.65. The molecule has 0 aliphatic rings. The summed E-state index contributed by atoms with van der Waals surface area (Å²) in [7, 11) is 3.75. The first-order valence-electron chi connectivity index (χ1n) is 9.26. The van der Waals surface area contributed by atoms with Crippen molar-refractivity contribution in [2.75, 3.05) is 20.6 Å². The van der Waals surface area contributed by atoms with Gasteiger partial charge < -0.3 is 10.6 Å². The minimum Gasteiger partial charge on any atom is -0.391 e. The van der Waals surface area contributed by atoms with Crippen LogP contribution in [-0.4, -0.2) is 20.6 Å². The fraction of sp³-hybridized carbons (Fsp3) is 0.895. The van der Waals surface area contributed by atoms with Gasteiger partial charge in [-0.2, -0.15) is 0 Å². The summed E-state index contributed by atoms with van der Waals surface area (Å²) >= 11 is 0. The van der Waals surface area contributed by atoms with Crippen LogP contribution < -0.4 is 10.6 Å². The van der Waals surface area contributed by atoms with Gasteiger partial charge in [-0.3, -0.25) is 0 Å². The molecular formula is C19H42N2. The van der Waals surface area contributed by atoms with Gasteiger partial charge in [0, 0.05) is 6.54 Å². The normalized spacial score (nSPS) is 10.5. The summed E-state index contributed by atoms with van der Waals surface area (Å²) in [6.45, 7) is 5.48. The van der Waals surface area contributed by atoms with Crippen LogP contribution in [0.1, 0.15) is 90.9 Å². The maximum absolute atomic E-state index is 3.29. The van der Waals surface area contributed by atoms with Crippen molar-refractivity contribution in [3.63, 3.8) is 0 Å². The van der Waals surface area contributed by atoms with Crippen molar-refractivity contribution < 1.29 is 0 Å². The zero-order chi connectivity index (χ0) is 16.0. The Balaban J connectivity index is 0. The van der Waals surface area contributed by atoms with Crippen LogP contribution in [0, 0.1) is 0 Å². The molecule has 0 radical (unpaired) electrons. The number of allylic oxidation sites excluding steroid dienone is 1. The van der Waals surface area contributed by atoms with E-state index in [2.05, 4.69) is 30.6 Å². The molecule has 0 saturated heterocycles. The Kier molecular flexibility index (Phi) is 26.6. The highest BCUT2D eigenvalue weighted by atomic mass is 14.8. The monoisotopic (exact) mass is 298 g/mol. The van der Waals surface area contributed by atoms with E-state index >= 15 is 0 Å². The van der Waals surface area contributed by atoms with Crippen molar-refractivity contribution in [2.45, 2.75) is 90.9 Å². The van der Waals surface area contributed by atoms with Gasteiger partial charge in [0.25, 0.3) is 0 Å². The minimum atomic E-state index is 1.14. The number of nitrogens with one attached hydrogen (secondary N) is 2. The van der Waals surface area contributed by atoms with Crippen molar-refractivity contribution >= 4 is 0 Å². The molecule has 2 nitrogen and oxygen atoms in total. The van der Waals surface area contributed by atoms with Gasteiger partial charge in [-0.25, -0.2) is 0 Å². The average molecular weight is 299 g/mol. The summed E-state index contributed by atoms with van der Waals surface area (Å²) in [5.41, 5.74) is 0. The molecule has 0 aromatic carbocycles. The number of unbranched alkanes of at least 4 members (excludes halogenated alkanes) is 11. The van der Waals surface area contributed by atoms with Crippen molar-refractivity contribution in [3.05, 3.63) is 12.3 Å². The van der Waals surface area contributed by atoms with Crippen LogP contribution >= 0.6 is 0 Å². The SMILES string of the molecule is CC=CNCCCCCCCCCCCCCC.CNC. The Morgan fingerprint density at radius 2 is 1.05 bits per heavy atom. The summed E-state index contributed by atoms with van der Waals surface area (Å²) in [4.78, 5) is 0. The highest BCUT2D eigenvalue weighted by molar-refractivity contribution is 4.73. The molecule has 0 aromatic rings. The molecular weight excluding hydrogens is 256 g/mol. The Bertz CT molecular complexity index is 178. The first-order valence-corrected chi connectivity index (χ1v) is 9.26. The number of hydrogen-bond acceptors (Lipinski definition) is 2. The summed E-state index contributed by atoms with van der Waals surface area (Å²) in [6, 6.07) is 0. The van der Waals surface area contributed by atoms with Gasteiger partial charge in [-0.15, -0.1) is 0 Å². The van der Waals surface area contributed by atoms with Gasteiger partial charge >= 0.3 is 0 Å². The molecule has 128 valence electrons. The van der Waals surface area contributed by atoms with Crippen LogP contribution in [0.25, 0.3) is 0 Å². The summed E-state index contributed by atoms with van der Waals surface area (Å²) in [6.07, 6.45) is 21.2. The van der Waals surface area contributed by atoms with E-state index in [0.29, 0.717) is 0 Å². The van der Waals surface area contributed by atoms with Crippen LogP contribution in [0.5, 0.6) is 0 Å². The van der Waals surface area contributed by atoms with Crippen LogP contribution in [0.4, 0.5) is 0 Å². The number of rotatable bonds is 14. The van der Waals surface area contributed by atoms with Crippen molar-refractivity contribution in [1.29, 1.82) is 0 Å². The molecule has 0 atom stereocenters. The van der Waals surface area contributed by atoms with E-state index in [0.717, 1.165) is 6.54 Å². The Hall–Kier alpha value is -0.500. The molecule has 0 spiro atoms. The lowest BCUT2D eigenvalue weighted by atomic mass is 10.1. The lowest BCUT2D eigenvalue weighted by molar-refractivity contribution is 0.542. The highest BCUT2D eigenvalue weighted by Crippen LogP contribution is 2.11. The zero-order valence-corrected chi connectivity index (χ0v) is 15.3. The smallest absolute Gasteiger partial charge is 0.0141 e. The average Bonchev–Trinajstić information content (AvgIpc) is 2.48. The molecule has 0 fully saturated rings. The van der Waals surface area contributed by atoms with Crippen LogP contribution in [0.3, 0.4) is 0 Å². The topological polar surface area (TPSA) is 24.1 Å². The summed E-state index contributed by atoms with van der Waals surface area (Å²) in [5.74, 6) is 0. The van der Waals surface area contributed by atoms with Gasteiger partial charge in [-0.05, 0) is 33.6 Å². The van der Waals surface area contributed by atoms with E-state index in [1.807, 2.05) is 20.3 Å².